The van der Waals surface area contributed by atoms with Gasteiger partial charge in [-0.25, -0.2) is 5.43 Å². The van der Waals surface area contributed by atoms with Crippen molar-refractivity contribution in [1.29, 1.82) is 0 Å². The van der Waals surface area contributed by atoms with Crippen molar-refractivity contribution in [3.63, 3.8) is 0 Å². The summed E-state index contributed by atoms with van der Waals surface area (Å²) < 4.78 is 11.0. The third kappa shape index (κ3) is 7.83. The summed E-state index contributed by atoms with van der Waals surface area (Å²) in [5.41, 5.74) is 3.01. The van der Waals surface area contributed by atoms with Crippen LogP contribution in [0.15, 0.2) is 48.6 Å². The second-order valence-electron chi connectivity index (χ2n) is 4.80. The Labute approximate surface area is 147 Å². The summed E-state index contributed by atoms with van der Waals surface area (Å²) in [5.74, 6) is 0.272. The summed E-state index contributed by atoms with van der Waals surface area (Å²) in [6.07, 6.45) is 4.33. The molecule has 0 aliphatic rings. The van der Waals surface area contributed by atoms with Crippen LogP contribution >= 0.6 is 0 Å². The number of hydrazone groups is 1. The number of rotatable bonds is 11. The number of hydrogen-bond donors (Lipinski definition) is 2. The van der Waals surface area contributed by atoms with Gasteiger partial charge in [-0.1, -0.05) is 18.7 Å². The number of hydrogen-bond acceptors (Lipinski definition) is 5. The van der Waals surface area contributed by atoms with Crippen LogP contribution in [0, 0.1) is 0 Å². The van der Waals surface area contributed by atoms with Gasteiger partial charge in [-0.05, 0) is 30.7 Å². The maximum atomic E-state index is 11.6. The molecule has 0 saturated heterocycles. The second-order valence-corrected chi connectivity index (χ2v) is 4.80. The highest BCUT2D eigenvalue weighted by Gasteiger charge is 2.08. The molecule has 1 aromatic rings. The first kappa shape index (κ1) is 20.0. The van der Waals surface area contributed by atoms with E-state index in [1.165, 1.54) is 12.3 Å². The van der Waals surface area contributed by atoms with Gasteiger partial charge in [0.15, 0.2) is 11.5 Å². The normalized spacial score (nSPS) is 10.1. The Hall–Kier alpha value is -3.09. The topological polar surface area (TPSA) is 89.0 Å². The lowest BCUT2D eigenvalue weighted by atomic mass is 10.2. The van der Waals surface area contributed by atoms with E-state index in [1.54, 1.807) is 24.3 Å². The number of benzene rings is 1. The van der Waals surface area contributed by atoms with Gasteiger partial charge < -0.3 is 14.8 Å². The Bertz CT molecular complexity index is 641. The molecular weight excluding hydrogens is 322 g/mol. The maximum absolute atomic E-state index is 11.6. The number of nitrogens with zero attached hydrogens (tertiary/aromatic N) is 1. The summed E-state index contributed by atoms with van der Waals surface area (Å²) in [7, 11) is 0. The van der Waals surface area contributed by atoms with Gasteiger partial charge in [0.1, 0.15) is 13.0 Å². The average molecular weight is 345 g/mol. The van der Waals surface area contributed by atoms with Gasteiger partial charge in [0.2, 0.25) is 11.8 Å². The lowest BCUT2D eigenvalue weighted by molar-refractivity contribution is -0.129. The van der Waals surface area contributed by atoms with Crippen molar-refractivity contribution in [3.05, 3.63) is 49.1 Å². The third-order valence-corrected chi connectivity index (χ3v) is 2.79. The molecule has 0 heterocycles. The minimum Gasteiger partial charge on any atom is -0.490 e. The summed E-state index contributed by atoms with van der Waals surface area (Å²) in [6.45, 7) is 10.1. The Morgan fingerprint density at radius 3 is 2.64 bits per heavy atom. The molecule has 0 atom stereocenters. The van der Waals surface area contributed by atoms with E-state index < -0.39 is 11.8 Å². The lowest BCUT2D eigenvalue weighted by Crippen LogP contribution is -2.29. The van der Waals surface area contributed by atoms with Crippen LogP contribution in [0.2, 0.25) is 0 Å². The SMILES string of the molecule is C=CCNC(=O)CC(=O)N/N=C\c1ccc(OCC=C)c(OCC)c1. The molecule has 7 heteroatoms. The number of carbonyl (C=O) groups excluding carboxylic acids is 2. The molecule has 0 spiro atoms. The summed E-state index contributed by atoms with van der Waals surface area (Å²) in [6, 6.07) is 5.27. The molecular formula is C18H23N3O4. The fourth-order valence-corrected chi connectivity index (χ4v) is 1.75. The molecule has 0 saturated carbocycles. The smallest absolute Gasteiger partial charge is 0.249 e. The highest BCUT2D eigenvalue weighted by Crippen LogP contribution is 2.28. The van der Waals surface area contributed by atoms with Crippen LogP contribution in [0.3, 0.4) is 0 Å². The fourth-order valence-electron chi connectivity index (χ4n) is 1.75. The Balaban J connectivity index is 2.62. The van der Waals surface area contributed by atoms with E-state index in [0.717, 1.165) is 0 Å². The quantitative estimate of drug-likeness (QED) is 0.277. The van der Waals surface area contributed by atoms with Crippen LogP contribution in [0.1, 0.15) is 18.9 Å². The molecule has 0 fully saturated rings. The van der Waals surface area contributed by atoms with Crippen molar-refractivity contribution in [2.45, 2.75) is 13.3 Å². The molecule has 7 nitrogen and oxygen atoms in total. The molecule has 0 aliphatic heterocycles. The van der Waals surface area contributed by atoms with E-state index in [2.05, 4.69) is 29.0 Å². The van der Waals surface area contributed by atoms with Crippen molar-refractivity contribution in [2.24, 2.45) is 5.10 Å². The van der Waals surface area contributed by atoms with Crippen LogP contribution in [0.5, 0.6) is 11.5 Å². The predicted molar refractivity (Wildman–Crippen MR) is 96.9 cm³/mol. The van der Waals surface area contributed by atoms with Crippen molar-refractivity contribution in [3.8, 4) is 11.5 Å². The van der Waals surface area contributed by atoms with Crippen LogP contribution in [-0.2, 0) is 9.59 Å². The zero-order valence-corrected chi connectivity index (χ0v) is 14.3. The first-order chi connectivity index (χ1) is 12.1. The van der Waals surface area contributed by atoms with Crippen LogP contribution < -0.4 is 20.2 Å². The van der Waals surface area contributed by atoms with E-state index in [9.17, 15) is 9.59 Å². The van der Waals surface area contributed by atoms with Gasteiger partial charge in [0.25, 0.3) is 0 Å². The molecule has 1 aromatic carbocycles. The molecule has 0 unspecified atom stereocenters. The number of amides is 2. The molecule has 2 amide bonds. The lowest BCUT2D eigenvalue weighted by Gasteiger charge is -2.11. The predicted octanol–water partition coefficient (Wildman–Crippen LogP) is 1.79. The highest BCUT2D eigenvalue weighted by atomic mass is 16.5. The number of carbonyl (C=O) groups is 2. The van der Waals surface area contributed by atoms with Crippen molar-refractivity contribution >= 4 is 18.0 Å². The van der Waals surface area contributed by atoms with Gasteiger partial charge >= 0.3 is 0 Å². The molecule has 0 aliphatic carbocycles. The van der Waals surface area contributed by atoms with E-state index in [4.69, 9.17) is 9.47 Å². The van der Waals surface area contributed by atoms with Gasteiger partial charge in [0, 0.05) is 6.54 Å². The van der Waals surface area contributed by atoms with Crippen LogP contribution in [-0.4, -0.2) is 37.8 Å². The Morgan fingerprint density at radius 2 is 1.96 bits per heavy atom. The van der Waals surface area contributed by atoms with Gasteiger partial charge in [0.05, 0.1) is 12.8 Å². The van der Waals surface area contributed by atoms with Gasteiger partial charge in [-0.15, -0.1) is 6.58 Å². The third-order valence-electron chi connectivity index (χ3n) is 2.79. The number of ether oxygens (including phenoxy) is 2. The molecule has 1 rings (SSSR count). The standard InChI is InChI=1S/C18H23N3O4/c1-4-9-19-17(22)12-18(23)21-20-13-14-7-8-15(25-10-5-2)16(11-14)24-6-3/h4-5,7-8,11,13H,1-2,6,9-10,12H2,3H3,(H,19,22)(H,21,23)/b20-13-. The van der Waals surface area contributed by atoms with E-state index >= 15 is 0 Å². The van der Waals surface area contributed by atoms with Crippen molar-refractivity contribution < 1.29 is 19.1 Å². The molecule has 0 aromatic heterocycles. The minimum atomic E-state index is -0.506. The first-order valence-corrected chi connectivity index (χ1v) is 7.80. The second kappa shape index (κ2) is 11.4. The molecule has 134 valence electrons. The monoisotopic (exact) mass is 345 g/mol. The molecule has 2 N–H and O–H groups in total. The highest BCUT2D eigenvalue weighted by molar-refractivity contribution is 5.97. The van der Waals surface area contributed by atoms with E-state index in [1.807, 2.05) is 6.92 Å². The Morgan fingerprint density at radius 1 is 1.16 bits per heavy atom. The van der Waals surface area contributed by atoms with Crippen LogP contribution in [0.4, 0.5) is 0 Å². The van der Waals surface area contributed by atoms with E-state index in [0.29, 0.717) is 36.8 Å². The average Bonchev–Trinajstić information content (AvgIpc) is 2.59. The first-order valence-electron chi connectivity index (χ1n) is 7.80. The molecule has 25 heavy (non-hydrogen) atoms. The largest absolute Gasteiger partial charge is 0.490 e. The van der Waals surface area contributed by atoms with Crippen molar-refractivity contribution in [2.75, 3.05) is 19.8 Å². The molecule has 0 bridgehead atoms. The summed E-state index contributed by atoms with van der Waals surface area (Å²) in [5, 5.41) is 6.34. The zero-order chi connectivity index (χ0) is 18.5. The van der Waals surface area contributed by atoms with E-state index in [-0.39, 0.29) is 6.42 Å². The van der Waals surface area contributed by atoms with Gasteiger partial charge in [-0.3, -0.25) is 9.59 Å². The van der Waals surface area contributed by atoms with Crippen molar-refractivity contribution in [1.82, 2.24) is 10.7 Å². The number of nitrogens with one attached hydrogen (secondary N) is 2. The minimum absolute atomic E-state index is 0.302. The maximum Gasteiger partial charge on any atom is 0.249 e. The molecule has 0 radical (unpaired) electrons. The Kier molecular flexibility index (Phi) is 9.14. The summed E-state index contributed by atoms with van der Waals surface area (Å²) in [4.78, 5) is 23.0. The fraction of sp³-hybridized carbons (Fsp3) is 0.278. The summed E-state index contributed by atoms with van der Waals surface area (Å²) >= 11 is 0. The van der Waals surface area contributed by atoms with Gasteiger partial charge in [-0.2, -0.15) is 5.10 Å². The van der Waals surface area contributed by atoms with Crippen LogP contribution in [0.25, 0.3) is 0 Å². The zero-order valence-electron chi connectivity index (χ0n) is 14.3.